The molecule has 3 heteroatoms. The molecule has 21 heavy (non-hydrogen) atoms. The van der Waals surface area contributed by atoms with Gasteiger partial charge in [0.1, 0.15) is 5.75 Å². The summed E-state index contributed by atoms with van der Waals surface area (Å²) in [7, 11) is 0. The van der Waals surface area contributed by atoms with Crippen molar-refractivity contribution in [3.05, 3.63) is 65.7 Å². The van der Waals surface area contributed by atoms with Gasteiger partial charge in [0, 0.05) is 5.39 Å². The Balaban J connectivity index is 2.07. The van der Waals surface area contributed by atoms with Crippen molar-refractivity contribution in [1.82, 2.24) is 0 Å². The molecule has 0 saturated heterocycles. The van der Waals surface area contributed by atoms with Crippen LogP contribution in [0.4, 0.5) is 11.4 Å². The number of rotatable bonds is 2. The second-order valence-corrected chi connectivity index (χ2v) is 5.13. The molecule has 3 aromatic carbocycles. The fourth-order valence-corrected chi connectivity index (χ4v) is 2.49. The minimum atomic E-state index is 0.258. The zero-order valence-corrected chi connectivity index (χ0v) is 12.0. The summed E-state index contributed by atoms with van der Waals surface area (Å²) in [4.78, 5) is 0. The molecule has 0 bridgehead atoms. The van der Waals surface area contributed by atoms with E-state index in [4.69, 9.17) is 0 Å². The van der Waals surface area contributed by atoms with Gasteiger partial charge in [-0.15, -0.1) is 10.2 Å². The van der Waals surface area contributed by atoms with E-state index < -0.39 is 0 Å². The molecule has 0 amide bonds. The van der Waals surface area contributed by atoms with Crippen LogP contribution in [0.5, 0.6) is 5.75 Å². The molecular formula is C18H16N2O. The van der Waals surface area contributed by atoms with Gasteiger partial charge in [-0.3, -0.25) is 0 Å². The maximum Gasteiger partial charge on any atom is 0.116 e. The first-order valence-electron chi connectivity index (χ1n) is 6.85. The van der Waals surface area contributed by atoms with Crippen LogP contribution in [0, 0.1) is 13.8 Å². The lowest BCUT2D eigenvalue weighted by molar-refractivity contribution is 0.474. The zero-order valence-electron chi connectivity index (χ0n) is 12.0. The summed E-state index contributed by atoms with van der Waals surface area (Å²) < 4.78 is 0. The molecule has 0 aliphatic carbocycles. The predicted molar refractivity (Wildman–Crippen MR) is 85.7 cm³/mol. The summed E-state index contributed by atoms with van der Waals surface area (Å²) in [6.45, 7) is 3.84. The SMILES string of the molecule is Cc1cc(O)cc(C)c1N=Nc1cccc2ccccc12. The molecule has 0 spiro atoms. The molecule has 0 atom stereocenters. The van der Waals surface area contributed by atoms with Crippen LogP contribution in [0.3, 0.4) is 0 Å². The quantitative estimate of drug-likeness (QED) is 0.610. The van der Waals surface area contributed by atoms with Crippen molar-refractivity contribution in [2.24, 2.45) is 10.2 Å². The fraction of sp³-hybridized carbons (Fsp3) is 0.111. The van der Waals surface area contributed by atoms with Gasteiger partial charge in [-0.1, -0.05) is 36.4 Å². The highest BCUT2D eigenvalue weighted by Gasteiger charge is 2.04. The highest BCUT2D eigenvalue weighted by Crippen LogP contribution is 2.31. The molecule has 3 rings (SSSR count). The third kappa shape index (κ3) is 2.63. The summed E-state index contributed by atoms with van der Waals surface area (Å²) in [5.74, 6) is 0.258. The van der Waals surface area contributed by atoms with Crippen LogP contribution >= 0.6 is 0 Å². The molecule has 0 aliphatic rings. The van der Waals surface area contributed by atoms with Crippen LogP contribution in [-0.4, -0.2) is 5.11 Å². The van der Waals surface area contributed by atoms with Crippen LogP contribution in [0.25, 0.3) is 10.8 Å². The molecule has 0 radical (unpaired) electrons. The normalized spacial score (nSPS) is 11.3. The van der Waals surface area contributed by atoms with Crippen LogP contribution in [0.15, 0.2) is 64.8 Å². The predicted octanol–water partition coefficient (Wildman–Crippen LogP) is 5.58. The number of hydrogen-bond donors (Lipinski definition) is 1. The van der Waals surface area contributed by atoms with Crippen molar-refractivity contribution < 1.29 is 5.11 Å². The number of nitrogens with zero attached hydrogens (tertiary/aromatic N) is 2. The second-order valence-electron chi connectivity index (χ2n) is 5.13. The summed E-state index contributed by atoms with van der Waals surface area (Å²) in [5.41, 5.74) is 3.48. The third-order valence-electron chi connectivity index (χ3n) is 3.50. The van der Waals surface area contributed by atoms with Crippen LogP contribution in [0.2, 0.25) is 0 Å². The number of aromatic hydroxyl groups is 1. The Morgan fingerprint density at radius 1 is 0.810 bits per heavy atom. The molecule has 0 saturated carbocycles. The molecule has 3 nitrogen and oxygen atoms in total. The lowest BCUT2D eigenvalue weighted by atomic mass is 10.1. The Morgan fingerprint density at radius 2 is 1.48 bits per heavy atom. The van der Waals surface area contributed by atoms with Gasteiger partial charge in [-0.2, -0.15) is 0 Å². The average Bonchev–Trinajstić information content (AvgIpc) is 2.46. The first-order valence-corrected chi connectivity index (χ1v) is 6.85. The number of phenolic OH excluding ortho intramolecular Hbond substituents is 1. The van der Waals surface area contributed by atoms with E-state index in [1.165, 1.54) is 0 Å². The van der Waals surface area contributed by atoms with Crippen molar-refractivity contribution >= 4 is 22.1 Å². The van der Waals surface area contributed by atoms with Crippen LogP contribution in [0.1, 0.15) is 11.1 Å². The second kappa shape index (κ2) is 5.37. The van der Waals surface area contributed by atoms with Crippen molar-refractivity contribution in [3.63, 3.8) is 0 Å². The number of benzene rings is 3. The van der Waals surface area contributed by atoms with Gasteiger partial charge < -0.3 is 5.11 Å². The highest BCUT2D eigenvalue weighted by atomic mass is 16.3. The molecule has 104 valence electrons. The van der Waals surface area contributed by atoms with E-state index in [9.17, 15) is 5.11 Å². The summed E-state index contributed by atoms with van der Waals surface area (Å²) in [6.07, 6.45) is 0. The molecular weight excluding hydrogens is 260 g/mol. The fourth-order valence-electron chi connectivity index (χ4n) is 2.49. The van der Waals surface area contributed by atoms with Crippen LogP contribution in [-0.2, 0) is 0 Å². The molecule has 0 unspecified atom stereocenters. The standard InChI is InChI=1S/C18H16N2O/c1-12-10-15(21)11-13(2)18(12)20-19-17-9-5-7-14-6-3-4-8-16(14)17/h3-11,21H,1-2H3. The van der Waals surface area contributed by atoms with Gasteiger partial charge in [-0.25, -0.2) is 0 Å². The van der Waals surface area contributed by atoms with Crippen molar-refractivity contribution in [2.75, 3.05) is 0 Å². The first kappa shape index (κ1) is 13.3. The van der Waals surface area contributed by atoms with Gasteiger partial charge in [-0.05, 0) is 48.6 Å². The van der Waals surface area contributed by atoms with E-state index in [2.05, 4.69) is 22.4 Å². The Labute approximate surface area is 123 Å². The van der Waals surface area contributed by atoms with Crippen molar-refractivity contribution in [2.45, 2.75) is 13.8 Å². The molecule has 0 aromatic heterocycles. The summed E-state index contributed by atoms with van der Waals surface area (Å²) in [5, 5.41) is 20.6. The number of azo groups is 1. The summed E-state index contributed by atoms with van der Waals surface area (Å²) in [6, 6.07) is 17.5. The largest absolute Gasteiger partial charge is 0.508 e. The van der Waals surface area contributed by atoms with E-state index in [1.807, 2.05) is 44.2 Å². The maximum absolute atomic E-state index is 9.57. The first-order chi connectivity index (χ1) is 10.1. The molecule has 1 N–H and O–H groups in total. The lowest BCUT2D eigenvalue weighted by Gasteiger charge is -2.05. The van der Waals surface area contributed by atoms with Gasteiger partial charge in [0.05, 0.1) is 11.4 Å². The van der Waals surface area contributed by atoms with Gasteiger partial charge >= 0.3 is 0 Å². The zero-order chi connectivity index (χ0) is 14.8. The maximum atomic E-state index is 9.57. The van der Waals surface area contributed by atoms with Gasteiger partial charge in [0.15, 0.2) is 0 Å². The van der Waals surface area contributed by atoms with E-state index in [0.717, 1.165) is 33.3 Å². The average molecular weight is 276 g/mol. The Kier molecular flexibility index (Phi) is 3.40. The van der Waals surface area contributed by atoms with Gasteiger partial charge in [0.2, 0.25) is 0 Å². The number of aryl methyl sites for hydroxylation is 2. The number of phenols is 1. The Hall–Kier alpha value is -2.68. The molecule has 0 fully saturated rings. The Bertz CT molecular complexity index is 809. The smallest absolute Gasteiger partial charge is 0.116 e. The monoisotopic (exact) mass is 276 g/mol. The highest BCUT2D eigenvalue weighted by molar-refractivity contribution is 5.92. The molecule has 3 aromatic rings. The Morgan fingerprint density at radius 3 is 2.24 bits per heavy atom. The third-order valence-corrected chi connectivity index (χ3v) is 3.50. The van der Waals surface area contributed by atoms with Gasteiger partial charge in [0.25, 0.3) is 0 Å². The lowest BCUT2D eigenvalue weighted by Crippen LogP contribution is -1.80. The number of hydrogen-bond acceptors (Lipinski definition) is 3. The molecule has 0 heterocycles. The van der Waals surface area contributed by atoms with Crippen molar-refractivity contribution in [3.8, 4) is 5.75 Å². The van der Waals surface area contributed by atoms with E-state index >= 15 is 0 Å². The minimum absolute atomic E-state index is 0.258. The van der Waals surface area contributed by atoms with E-state index in [1.54, 1.807) is 12.1 Å². The van der Waals surface area contributed by atoms with Crippen molar-refractivity contribution in [1.29, 1.82) is 0 Å². The molecule has 0 aliphatic heterocycles. The number of fused-ring (bicyclic) bond motifs is 1. The van der Waals surface area contributed by atoms with E-state index in [-0.39, 0.29) is 5.75 Å². The van der Waals surface area contributed by atoms with Crippen LogP contribution < -0.4 is 0 Å². The topological polar surface area (TPSA) is 45.0 Å². The minimum Gasteiger partial charge on any atom is -0.508 e. The van der Waals surface area contributed by atoms with E-state index in [0.29, 0.717) is 0 Å². The summed E-state index contributed by atoms with van der Waals surface area (Å²) >= 11 is 0.